The quantitative estimate of drug-likeness (QED) is 0.272. The zero-order valence-corrected chi connectivity index (χ0v) is 18.8. The number of thiophene rings is 1. The summed E-state index contributed by atoms with van der Waals surface area (Å²) in [5.41, 5.74) is 1.43. The molecule has 0 atom stereocenters. The highest BCUT2D eigenvalue weighted by molar-refractivity contribution is 7.99. The summed E-state index contributed by atoms with van der Waals surface area (Å²) < 4.78 is 45.0. The van der Waals surface area contributed by atoms with Gasteiger partial charge >= 0.3 is 12.1 Å². The van der Waals surface area contributed by atoms with Crippen LogP contribution < -0.4 is 4.74 Å². The average molecular weight is 469 g/mol. The second kappa shape index (κ2) is 9.96. The first kappa shape index (κ1) is 23.5. The van der Waals surface area contributed by atoms with Crippen molar-refractivity contribution in [3.63, 3.8) is 0 Å². The summed E-state index contributed by atoms with van der Waals surface area (Å²) in [6.07, 6.45) is -1.79. The van der Waals surface area contributed by atoms with Gasteiger partial charge in [0.25, 0.3) is 0 Å². The second-order valence-corrected chi connectivity index (χ2v) is 9.43. The molecule has 1 aromatic heterocycles. The van der Waals surface area contributed by atoms with E-state index in [1.54, 1.807) is 23.9 Å². The van der Waals surface area contributed by atoms with Gasteiger partial charge in [0.15, 0.2) is 6.61 Å². The molecule has 3 rings (SSSR count). The Morgan fingerprint density at radius 3 is 2.61 bits per heavy atom. The Balaban J connectivity index is 1.61. The summed E-state index contributed by atoms with van der Waals surface area (Å²) >= 11 is 3.16. The number of ether oxygens (including phenoxy) is 1. The van der Waals surface area contributed by atoms with Crippen LogP contribution in [0, 0.1) is 6.92 Å². The number of rotatable bonds is 9. The smallest absolute Gasteiger partial charge is 0.416 e. The first-order chi connectivity index (χ1) is 14.7. The lowest BCUT2D eigenvalue weighted by atomic mass is 10.0. The fourth-order valence-corrected chi connectivity index (χ4v) is 5.73. The van der Waals surface area contributed by atoms with E-state index >= 15 is 0 Å². The molecular formula is C23H23F3O3S2. The SMILES string of the molecule is CCc1c(CCCSc2ccc(OCC(=O)O)c(C)c2)sc2cc(C(F)(F)F)ccc12. The summed E-state index contributed by atoms with van der Waals surface area (Å²) in [7, 11) is 0. The number of carbonyl (C=O) groups is 1. The van der Waals surface area contributed by atoms with Crippen LogP contribution in [0.2, 0.25) is 0 Å². The van der Waals surface area contributed by atoms with Crippen molar-refractivity contribution in [2.45, 2.75) is 44.2 Å². The fourth-order valence-electron chi connectivity index (χ4n) is 3.40. The summed E-state index contributed by atoms with van der Waals surface area (Å²) in [5.74, 6) is 0.419. The van der Waals surface area contributed by atoms with Crippen molar-refractivity contribution < 1.29 is 27.8 Å². The van der Waals surface area contributed by atoms with Crippen LogP contribution in [0.5, 0.6) is 5.75 Å². The number of hydrogen-bond donors (Lipinski definition) is 1. The van der Waals surface area contributed by atoms with Crippen molar-refractivity contribution in [2.24, 2.45) is 0 Å². The molecule has 0 bridgehead atoms. The molecule has 0 aliphatic carbocycles. The van der Waals surface area contributed by atoms with Gasteiger partial charge in [-0.25, -0.2) is 4.79 Å². The largest absolute Gasteiger partial charge is 0.482 e. The van der Waals surface area contributed by atoms with E-state index in [9.17, 15) is 18.0 Å². The molecule has 0 radical (unpaired) electrons. The highest BCUT2D eigenvalue weighted by Gasteiger charge is 2.30. The normalized spacial score (nSPS) is 11.8. The highest BCUT2D eigenvalue weighted by atomic mass is 32.2. The number of hydrogen-bond acceptors (Lipinski definition) is 4. The standard InChI is InChI=1S/C23H23F3O3S2/c1-3-17-18-8-6-15(23(24,25)26)12-21(18)31-20(17)5-4-10-30-16-7-9-19(14(2)11-16)29-13-22(27)28/h6-9,11-12H,3-5,10,13H2,1-2H3,(H,27,28). The van der Waals surface area contributed by atoms with Crippen LogP contribution in [0.25, 0.3) is 10.1 Å². The number of aryl methyl sites for hydroxylation is 3. The van der Waals surface area contributed by atoms with E-state index in [1.807, 2.05) is 26.0 Å². The third-order valence-electron chi connectivity index (χ3n) is 4.87. The van der Waals surface area contributed by atoms with Crippen LogP contribution in [0.4, 0.5) is 13.2 Å². The molecular weight excluding hydrogens is 445 g/mol. The molecule has 0 amide bonds. The Hall–Kier alpha value is -2.19. The zero-order valence-electron chi connectivity index (χ0n) is 17.2. The maximum atomic E-state index is 13.0. The van der Waals surface area contributed by atoms with Crippen LogP contribution in [-0.2, 0) is 23.8 Å². The Morgan fingerprint density at radius 1 is 1.19 bits per heavy atom. The summed E-state index contributed by atoms with van der Waals surface area (Å²) in [5, 5.41) is 9.64. The van der Waals surface area contributed by atoms with E-state index in [-0.39, 0.29) is 6.61 Å². The minimum atomic E-state index is -4.33. The maximum absolute atomic E-state index is 13.0. The molecule has 0 aliphatic heterocycles. The zero-order chi connectivity index (χ0) is 22.6. The number of alkyl halides is 3. The lowest BCUT2D eigenvalue weighted by molar-refractivity contribution is -0.139. The predicted octanol–water partition coefficient (Wildman–Crippen LogP) is 6.98. The van der Waals surface area contributed by atoms with Crippen LogP contribution in [0.1, 0.15) is 34.9 Å². The summed E-state index contributed by atoms with van der Waals surface area (Å²) in [6, 6.07) is 9.68. The van der Waals surface area contributed by atoms with Gasteiger partial charge in [-0.05, 0) is 78.8 Å². The molecule has 166 valence electrons. The first-order valence-electron chi connectivity index (χ1n) is 9.88. The van der Waals surface area contributed by atoms with Gasteiger partial charge in [-0.15, -0.1) is 23.1 Å². The van der Waals surface area contributed by atoms with Gasteiger partial charge < -0.3 is 9.84 Å². The topological polar surface area (TPSA) is 46.5 Å². The van der Waals surface area contributed by atoms with Gasteiger partial charge in [0, 0.05) is 14.5 Å². The van der Waals surface area contributed by atoms with Gasteiger partial charge in [0.1, 0.15) is 5.75 Å². The molecule has 0 unspecified atom stereocenters. The third kappa shape index (κ3) is 5.95. The Bertz CT molecular complexity index is 1070. The Morgan fingerprint density at radius 2 is 1.97 bits per heavy atom. The number of benzene rings is 2. The van der Waals surface area contributed by atoms with E-state index in [2.05, 4.69) is 0 Å². The molecule has 0 saturated heterocycles. The van der Waals surface area contributed by atoms with Gasteiger partial charge in [-0.2, -0.15) is 13.2 Å². The van der Waals surface area contributed by atoms with Crippen molar-refractivity contribution in [1.29, 1.82) is 0 Å². The molecule has 0 fully saturated rings. The van der Waals surface area contributed by atoms with Gasteiger partial charge in [-0.3, -0.25) is 0 Å². The van der Waals surface area contributed by atoms with Gasteiger partial charge in [0.05, 0.1) is 5.56 Å². The number of carboxylic acids is 1. The summed E-state index contributed by atoms with van der Waals surface area (Å²) in [6.45, 7) is 3.54. The molecule has 1 heterocycles. The lowest BCUT2D eigenvalue weighted by Gasteiger charge is -2.09. The number of thioether (sulfide) groups is 1. The molecule has 3 nitrogen and oxygen atoms in total. The van der Waals surface area contributed by atoms with E-state index < -0.39 is 17.7 Å². The Labute approximate surface area is 187 Å². The first-order valence-corrected chi connectivity index (χ1v) is 11.7. The van der Waals surface area contributed by atoms with Crippen molar-refractivity contribution in [3.05, 3.63) is 58.0 Å². The maximum Gasteiger partial charge on any atom is 0.416 e. The number of fused-ring (bicyclic) bond motifs is 1. The van der Waals surface area contributed by atoms with E-state index in [1.165, 1.54) is 23.5 Å². The predicted molar refractivity (Wildman–Crippen MR) is 120 cm³/mol. The van der Waals surface area contributed by atoms with Crippen LogP contribution >= 0.6 is 23.1 Å². The minimum absolute atomic E-state index is 0.368. The van der Waals surface area contributed by atoms with Gasteiger partial charge in [-0.1, -0.05) is 13.0 Å². The van der Waals surface area contributed by atoms with E-state index in [4.69, 9.17) is 9.84 Å². The molecule has 2 aromatic carbocycles. The van der Waals surface area contributed by atoms with E-state index in [0.29, 0.717) is 10.4 Å². The summed E-state index contributed by atoms with van der Waals surface area (Å²) in [4.78, 5) is 12.9. The molecule has 31 heavy (non-hydrogen) atoms. The molecule has 3 aromatic rings. The molecule has 8 heteroatoms. The number of carboxylic acid groups (broad SMARTS) is 1. The van der Waals surface area contributed by atoms with Crippen molar-refractivity contribution in [3.8, 4) is 5.75 Å². The van der Waals surface area contributed by atoms with Crippen LogP contribution in [0.3, 0.4) is 0 Å². The van der Waals surface area contributed by atoms with Crippen molar-refractivity contribution in [1.82, 2.24) is 0 Å². The molecule has 0 spiro atoms. The van der Waals surface area contributed by atoms with Crippen molar-refractivity contribution in [2.75, 3.05) is 12.4 Å². The molecule has 1 N–H and O–H groups in total. The monoisotopic (exact) mass is 468 g/mol. The Kier molecular flexibility index (Phi) is 7.54. The highest BCUT2D eigenvalue weighted by Crippen LogP contribution is 2.38. The molecule has 0 aliphatic rings. The molecule has 0 saturated carbocycles. The average Bonchev–Trinajstić information content (AvgIpc) is 3.06. The van der Waals surface area contributed by atoms with Gasteiger partial charge in [0.2, 0.25) is 0 Å². The van der Waals surface area contributed by atoms with Crippen LogP contribution in [0.15, 0.2) is 41.3 Å². The van der Waals surface area contributed by atoms with E-state index in [0.717, 1.165) is 51.3 Å². The number of halogens is 3. The third-order valence-corrected chi connectivity index (χ3v) is 7.21. The second-order valence-electron chi connectivity index (χ2n) is 7.13. The van der Waals surface area contributed by atoms with Crippen molar-refractivity contribution >= 4 is 39.2 Å². The van der Waals surface area contributed by atoms with Crippen LogP contribution in [-0.4, -0.2) is 23.4 Å². The minimum Gasteiger partial charge on any atom is -0.482 e. The number of aliphatic carboxylic acids is 1. The lowest BCUT2D eigenvalue weighted by Crippen LogP contribution is -2.09. The fraction of sp³-hybridized carbons (Fsp3) is 0.348.